The van der Waals surface area contributed by atoms with Crippen molar-refractivity contribution in [2.75, 3.05) is 0 Å². The highest BCUT2D eigenvalue weighted by Crippen LogP contribution is 2.33. The van der Waals surface area contributed by atoms with Crippen molar-refractivity contribution in [2.24, 2.45) is 17.6 Å². The largest absolute Gasteiger partial charge is 0.457 e. The molecule has 0 saturated carbocycles. The molecule has 2 unspecified atom stereocenters. The maximum Gasteiger partial charge on any atom is 0.253 e. The summed E-state index contributed by atoms with van der Waals surface area (Å²) in [5.41, 5.74) is 11.4. The van der Waals surface area contributed by atoms with Crippen molar-refractivity contribution in [3.05, 3.63) is 107 Å². The van der Waals surface area contributed by atoms with Gasteiger partial charge < -0.3 is 10.5 Å². The van der Waals surface area contributed by atoms with Gasteiger partial charge in [-0.05, 0) is 98.9 Å². The number of carbonyl (C=O) groups is 1. The van der Waals surface area contributed by atoms with Crippen molar-refractivity contribution in [3.63, 3.8) is 0 Å². The second kappa shape index (κ2) is 12.2. The number of nitrogens with two attached hydrogens (primary N) is 1. The molecule has 4 aromatic rings. The molecule has 1 aliphatic rings. The molecule has 2 N–H and O–H groups in total. The molecule has 1 aromatic heterocycles. The summed E-state index contributed by atoms with van der Waals surface area (Å²) in [6.45, 7) is 5.24. The molecule has 0 bridgehead atoms. The molecule has 3 aromatic carbocycles. The smallest absolute Gasteiger partial charge is 0.253 e. The summed E-state index contributed by atoms with van der Waals surface area (Å²) in [7, 11) is 0. The Morgan fingerprint density at radius 1 is 0.949 bits per heavy atom. The number of hydrogen-bond donors (Lipinski definition) is 1. The summed E-state index contributed by atoms with van der Waals surface area (Å²) in [6, 6.07) is 28.2. The Morgan fingerprint density at radius 3 is 2.31 bits per heavy atom. The van der Waals surface area contributed by atoms with Gasteiger partial charge in [-0.2, -0.15) is 5.10 Å². The van der Waals surface area contributed by atoms with E-state index in [0.29, 0.717) is 23.1 Å². The van der Waals surface area contributed by atoms with Crippen LogP contribution in [-0.4, -0.2) is 15.7 Å². The number of aryl methyl sites for hydroxylation is 1. The Bertz CT molecular complexity index is 1420. The Morgan fingerprint density at radius 2 is 1.62 bits per heavy atom. The Kier molecular flexibility index (Phi) is 8.26. The standard InChI is InChI=1S/C34H37N3O2/c1-24-10-9-13-28(23-26-11-5-3-6-12-26)25(2)20-21-37-31(22-24)32(34(35)38)33(36-37)27-16-18-30(19-17-27)39-29-14-7-4-8-15-29/h3-8,11-12,14-19,22,25,28H,9-10,13,20-21,23H2,1-2H3,(H2,35,38). The monoisotopic (exact) mass is 519 g/mol. The maximum absolute atomic E-state index is 12.8. The van der Waals surface area contributed by atoms with E-state index >= 15 is 0 Å². The third-order valence-electron chi connectivity index (χ3n) is 7.82. The summed E-state index contributed by atoms with van der Waals surface area (Å²) in [5.74, 6) is 2.17. The van der Waals surface area contributed by atoms with Crippen LogP contribution in [0.4, 0.5) is 0 Å². The van der Waals surface area contributed by atoms with Crippen LogP contribution in [-0.2, 0) is 13.0 Å². The van der Waals surface area contributed by atoms with Crippen LogP contribution in [0, 0.1) is 11.8 Å². The van der Waals surface area contributed by atoms with E-state index in [0.717, 1.165) is 55.0 Å². The van der Waals surface area contributed by atoms with Crippen molar-refractivity contribution in [3.8, 4) is 22.8 Å². The molecule has 0 aliphatic carbocycles. The molecule has 0 spiro atoms. The van der Waals surface area contributed by atoms with Gasteiger partial charge in [0, 0.05) is 12.1 Å². The summed E-state index contributed by atoms with van der Waals surface area (Å²) in [6.07, 6.45) is 7.50. The third-order valence-corrected chi connectivity index (χ3v) is 7.82. The predicted octanol–water partition coefficient (Wildman–Crippen LogP) is 7.91. The second-order valence-corrected chi connectivity index (χ2v) is 10.7. The number of allylic oxidation sites excluding steroid dienone is 1. The second-order valence-electron chi connectivity index (χ2n) is 10.7. The summed E-state index contributed by atoms with van der Waals surface area (Å²) < 4.78 is 7.95. The van der Waals surface area contributed by atoms with E-state index in [1.807, 2.05) is 59.3 Å². The van der Waals surface area contributed by atoms with Gasteiger partial charge in [0.25, 0.3) is 5.91 Å². The van der Waals surface area contributed by atoms with Crippen molar-refractivity contribution in [1.29, 1.82) is 0 Å². The lowest BCUT2D eigenvalue weighted by atomic mass is 9.82. The number of amides is 1. The number of rotatable bonds is 6. The van der Waals surface area contributed by atoms with Gasteiger partial charge in [0.05, 0.1) is 11.3 Å². The van der Waals surface area contributed by atoms with Crippen molar-refractivity contribution >= 4 is 12.0 Å². The van der Waals surface area contributed by atoms with Gasteiger partial charge in [0.2, 0.25) is 0 Å². The molecule has 200 valence electrons. The first-order chi connectivity index (χ1) is 19.0. The fourth-order valence-electron chi connectivity index (χ4n) is 5.56. The van der Waals surface area contributed by atoms with Crippen LogP contribution >= 0.6 is 0 Å². The molecule has 2 atom stereocenters. The van der Waals surface area contributed by atoms with Gasteiger partial charge in [-0.25, -0.2) is 0 Å². The van der Waals surface area contributed by atoms with E-state index in [1.165, 1.54) is 17.6 Å². The van der Waals surface area contributed by atoms with Crippen LogP contribution in [0.2, 0.25) is 0 Å². The Labute approximate surface area is 231 Å². The molecule has 1 aliphatic heterocycles. The number of carbonyl (C=O) groups excluding carboxylic acids is 1. The number of hydrogen-bond acceptors (Lipinski definition) is 3. The van der Waals surface area contributed by atoms with E-state index in [2.05, 4.69) is 50.3 Å². The van der Waals surface area contributed by atoms with Crippen molar-refractivity contribution in [2.45, 2.75) is 52.5 Å². The first-order valence-electron chi connectivity index (χ1n) is 13.9. The highest BCUT2D eigenvalue weighted by molar-refractivity contribution is 6.02. The number of ether oxygens (including phenoxy) is 1. The van der Waals surface area contributed by atoms with Gasteiger partial charge in [-0.3, -0.25) is 9.48 Å². The molecule has 0 radical (unpaired) electrons. The highest BCUT2D eigenvalue weighted by Gasteiger charge is 2.25. The normalized spacial score (nSPS) is 17.9. The third kappa shape index (κ3) is 6.48. The first-order valence-corrected chi connectivity index (χ1v) is 13.9. The highest BCUT2D eigenvalue weighted by atomic mass is 16.5. The average Bonchev–Trinajstić information content (AvgIpc) is 3.29. The number of para-hydroxylation sites is 1. The topological polar surface area (TPSA) is 70.1 Å². The Hall–Kier alpha value is -4.12. The zero-order valence-electron chi connectivity index (χ0n) is 22.8. The van der Waals surface area contributed by atoms with Crippen LogP contribution < -0.4 is 10.5 Å². The zero-order chi connectivity index (χ0) is 27.2. The van der Waals surface area contributed by atoms with Gasteiger partial charge in [0.1, 0.15) is 17.2 Å². The minimum absolute atomic E-state index is 0.454. The summed E-state index contributed by atoms with van der Waals surface area (Å²) >= 11 is 0. The molecular formula is C34H37N3O2. The van der Waals surface area contributed by atoms with Crippen LogP contribution in [0.1, 0.15) is 61.1 Å². The van der Waals surface area contributed by atoms with E-state index in [1.54, 1.807) is 0 Å². The molecular weight excluding hydrogens is 482 g/mol. The molecule has 0 fully saturated rings. The molecule has 5 heteroatoms. The van der Waals surface area contributed by atoms with Crippen LogP contribution in [0.15, 0.2) is 90.5 Å². The number of aromatic nitrogens is 2. The van der Waals surface area contributed by atoms with E-state index in [9.17, 15) is 4.79 Å². The molecule has 1 amide bonds. The molecule has 2 heterocycles. The summed E-state index contributed by atoms with van der Waals surface area (Å²) in [4.78, 5) is 12.8. The van der Waals surface area contributed by atoms with Gasteiger partial charge in [0.15, 0.2) is 0 Å². The van der Waals surface area contributed by atoms with Crippen LogP contribution in [0.5, 0.6) is 11.5 Å². The van der Waals surface area contributed by atoms with Gasteiger partial charge >= 0.3 is 0 Å². The lowest BCUT2D eigenvalue weighted by Crippen LogP contribution is -2.18. The number of benzene rings is 3. The fraction of sp³-hybridized carbons (Fsp3) is 0.294. The maximum atomic E-state index is 12.8. The fourth-order valence-corrected chi connectivity index (χ4v) is 5.56. The number of fused-ring (bicyclic) bond motifs is 1. The minimum atomic E-state index is -0.454. The lowest BCUT2D eigenvalue weighted by Gasteiger charge is -2.24. The molecule has 0 saturated heterocycles. The molecule has 5 nitrogen and oxygen atoms in total. The van der Waals surface area contributed by atoms with E-state index < -0.39 is 5.91 Å². The van der Waals surface area contributed by atoms with Crippen LogP contribution in [0.3, 0.4) is 0 Å². The summed E-state index contributed by atoms with van der Waals surface area (Å²) in [5, 5.41) is 4.97. The van der Waals surface area contributed by atoms with Crippen molar-refractivity contribution < 1.29 is 9.53 Å². The zero-order valence-corrected chi connectivity index (χ0v) is 22.8. The quantitative estimate of drug-likeness (QED) is 0.281. The number of nitrogens with zero attached hydrogens (tertiary/aromatic N) is 2. The van der Waals surface area contributed by atoms with Gasteiger partial charge in [-0.1, -0.05) is 61.0 Å². The first kappa shape index (κ1) is 26.5. The predicted molar refractivity (Wildman–Crippen MR) is 158 cm³/mol. The number of primary amides is 1. The Balaban J connectivity index is 1.44. The SMILES string of the molecule is CC1=Cc2c(C(N)=O)c(-c3ccc(Oc4ccccc4)cc3)nn2CCC(C)C(Cc2ccccc2)CCC1. The minimum Gasteiger partial charge on any atom is -0.457 e. The molecule has 5 rings (SSSR count). The van der Waals surface area contributed by atoms with E-state index in [-0.39, 0.29) is 0 Å². The molecule has 39 heavy (non-hydrogen) atoms. The average molecular weight is 520 g/mol. The lowest BCUT2D eigenvalue weighted by molar-refractivity contribution is 0.100. The van der Waals surface area contributed by atoms with Crippen molar-refractivity contribution in [1.82, 2.24) is 9.78 Å². The van der Waals surface area contributed by atoms with Gasteiger partial charge in [-0.15, -0.1) is 0 Å². The van der Waals surface area contributed by atoms with Crippen LogP contribution in [0.25, 0.3) is 17.3 Å². The van der Waals surface area contributed by atoms with E-state index in [4.69, 9.17) is 15.6 Å².